The molecule has 0 fully saturated rings. The van der Waals surface area contributed by atoms with Crippen LogP contribution < -0.4 is 10.6 Å². The molecule has 0 saturated carbocycles. The summed E-state index contributed by atoms with van der Waals surface area (Å²) < 4.78 is 0. The van der Waals surface area contributed by atoms with Gasteiger partial charge >= 0.3 is 5.97 Å². The van der Waals surface area contributed by atoms with Gasteiger partial charge in [0.15, 0.2) is 0 Å². The standard InChI is InChI=1S/C22H28N4O4S/c1-13-20(14(2)30-26-13)21(27)25-18(22(28)29)12-17-11-10-16(31-17)8-4-6-15-7-5-9-19(23-3)24-15/h5,7,9-11,14,18,20H,4,6,8,12H2,1-3H3,(H,23,24)(H,25,27)(H,28,29)/t14?,18-,20?/m0/s1. The summed E-state index contributed by atoms with van der Waals surface area (Å²) in [6, 6.07) is 8.92. The minimum absolute atomic E-state index is 0.246. The molecule has 0 radical (unpaired) electrons. The predicted molar refractivity (Wildman–Crippen MR) is 121 cm³/mol. The van der Waals surface area contributed by atoms with Gasteiger partial charge < -0.3 is 20.6 Å². The predicted octanol–water partition coefficient (Wildman–Crippen LogP) is 2.88. The Morgan fingerprint density at radius 3 is 2.68 bits per heavy atom. The third-order valence-electron chi connectivity index (χ3n) is 5.22. The van der Waals surface area contributed by atoms with Crippen LogP contribution in [-0.2, 0) is 33.7 Å². The van der Waals surface area contributed by atoms with E-state index < -0.39 is 24.0 Å². The van der Waals surface area contributed by atoms with Crippen LogP contribution in [0.25, 0.3) is 0 Å². The Balaban J connectivity index is 1.53. The number of carbonyl (C=O) groups excluding carboxylic acids is 1. The van der Waals surface area contributed by atoms with Crippen LogP contribution in [0.5, 0.6) is 0 Å². The van der Waals surface area contributed by atoms with E-state index in [1.165, 1.54) is 4.88 Å². The van der Waals surface area contributed by atoms with E-state index in [1.807, 2.05) is 37.4 Å². The monoisotopic (exact) mass is 444 g/mol. The summed E-state index contributed by atoms with van der Waals surface area (Å²) in [6.07, 6.45) is 2.57. The molecule has 3 atom stereocenters. The number of nitrogens with zero attached hydrogens (tertiary/aromatic N) is 2. The normalized spacial score (nSPS) is 18.7. The van der Waals surface area contributed by atoms with E-state index in [2.05, 4.69) is 20.8 Å². The van der Waals surface area contributed by atoms with Crippen LogP contribution in [-0.4, -0.2) is 46.9 Å². The average Bonchev–Trinajstić information content (AvgIpc) is 3.33. The van der Waals surface area contributed by atoms with Gasteiger partial charge in [-0.2, -0.15) is 0 Å². The maximum atomic E-state index is 12.6. The number of carboxylic acid groups (broad SMARTS) is 1. The molecule has 2 unspecified atom stereocenters. The molecule has 1 amide bonds. The third-order valence-corrected chi connectivity index (χ3v) is 6.39. The summed E-state index contributed by atoms with van der Waals surface area (Å²) in [5, 5.41) is 19.1. The number of oxime groups is 1. The van der Waals surface area contributed by atoms with Gasteiger partial charge in [-0.25, -0.2) is 9.78 Å². The molecule has 2 aromatic heterocycles. The SMILES string of the molecule is CNc1cccc(CCCc2ccc(C[C@H](NC(=O)C3C(C)=NOC3C)C(=O)O)s2)n1. The van der Waals surface area contributed by atoms with Gasteiger partial charge in [-0.1, -0.05) is 11.2 Å². The van der Waals surface area contributed by atoms with Crippen LogP contribution in [0, 0.1) is 5.92 Å². The van der Waals surface area contributed by atoms with Gasteiger partial charge in [-0.3, -0.25) is 4.79 Å². The molecule has 1 aliphatic rings. The van der Waals surface area contributed by atoms with Crippen LogP contribution in [0.4, 0.5) is 5.82 Å². The lowest BCUT2D eigenvalue weighted by Gasteiger charge is -2.18. The van der Waals surface area contributed by atoms with Crippen LogP contribution in [0.1, 0.15) is 35.7 Å². The van der Waals surface area contributed by atoms with Crippen LogP contribution in [0.3, 0.4) is 0 Å². The zero-order valence-corrected chi connectivity index (χ0v) is 18.7. The Morgan fingerprint density at radius 1 is 1.23 bits per heavy atom. The largest absolute Gasteiger partial charge is 0.480 e. The van der Waals surface area contributed by atoms with E-state index in [9.17, 15) is 14.7 Å². The number of carbonyl (C=O) groups is 2. The summed E-state index contributed by atoms with van der Waals surface area (Å²) >= 11 is 1.59. The minimum atomic E-state index is -1.06. The average molecular weight is 445 g/mol. The molecule has 8 nitrogen and oxygen atoms in total. The second-order valence-corrected chi connectivity index (χ2v) is 8.86. The molecule has 3 heterocycles. The van der Waals surface area contributed by atoms with E-state index in [1.54, 1.807) is 25.2 Å². The number of anilines is 1. The van der Waals surface area contributed by atoms with Crippen molar-refractivity contribution in [1.29, 1.82) is 0 Å². The molecule has 3 N–H and O–H groups in total. The second kappa shape index (κ2) is 10.4. The number of aromatic nitrogens is 1. The van der Waals surface area contributed by atoms with Crippen molar-refractivity contribution in [2.24, 2.45) is 11.1 Å². The highest BCUT2D eigenvalue weighted by molar-refractivity contribution is 7.12. The van der Waals surface area contributed by atoms with Gasteiger partial charge in [-0.05, 0) is 57.4 Å². The number of rotatable bonds is 10. The summed E-state index contributed by atoms with van der Waals surface area (Å²) in [5.41, 5.74) is 1.60. The van der Waals surface area contributed by atoms with Crippen molar-refractivity contribution in [3.63, 3.8) is 0 Å². The van der Waals surface area contributed by atoms with Crippen molar-refractivity contribution >= 4 is 34.7 Å². The first-order chi connectivity index (χ1) is 14.9. The fraction of sp³-hybridized carbons (Fsp3) is 0.455. The smallest absolute Gasteiger partial charge is 0.326 e. The summed E-state index contributed by atoms with van der Waals surface area (Å²) in [4.78, 5) is 36.0. The van der Waals surface area contributed by atoms with Gasteiger partial charge in [0.2, 0.25) is 5.91 Å². The number of carboxylic acids is 1. The first-order valence-electron chi connectivity index (χ1n) is 10.3. The minimum Gasteiger partial charge on any atom is -0.480 e. The first kappa shape index (κ1) is 22.7. The molecule has 3 rings (SSSR count). The quantitative estimate of drug-likeness (QED) is 0.519. The molecule has 0 aromatic carbocycles. The summed E-state index contributed by atoms with van der Waals surface area (Å²) in [6.45, 7) is 3.45. The molecule has 0 spiro atoms. The van der Waals surface area contributed by atoms with Gasteiger partial charge in [0, 0.05) is 28.9 Å². The Morgan fingerprint density at radius 2 is 2.00 bits per heavy atom. The number of hydrogen-bond acceptors (Lipinski definition) is 7. The Hall–Kier alpha value is -2.94. The van der Waals surface area contributed by atoms with E-state index in [0.29, 0.717) is 5.71 Å². The molecular formula is C22H28N4O4S. The Labute approximate surface area is 185 Å². The Kier molecular flexibility index (Phi) is 7.62. The number of amides is 1. The highest BCUT2D eigenvalue weighted by Gasteiger charge is 2.36. The zero-order valence-electron chi connectivity index (χ0n) is 17.9. The molecule has 0 bridgehead atoms. The van der Waals surface area contributed by atoms with Crippen molar-refractivity contribution in [2.75, 3.05) is 12.4 Å². The maximum absolute atomic E-state index is 12.6. The number of hydrogen-bond donors (Lipinski definition) is 3. The number of pyridine rings is 1. The van der Waals surface area contributed by atoms with Gasteiger partial charge in [0.05, 0.1) is 5.71 Å². The summed E-state index contributed by atoms with van der Waals surface area (Å²) in [5.74, 6) is -1.12. The summed E-state index contributed by atoms with van der Waals surface area (Å²) in [7, 11) is 1.85. The van der Waals surface area contributed by atoms with Crippen molar-refractivity contribution < 1.29 is 19.5 Å². The van der Waals surface area contributed by atoms with E-state index in [-0.39, 0.29) is 12.3 Å². The molecule has 2 aromatic rings. The molecule has 0 aliphatic carbocycles. The van der Waals surface area contributed by atoms with Crippen molar-refractivity contribution in [2.45, 2.75) is 51.7 Å². The van der Waals surface area contributed by atoms with Gasteiger partial charge in [0.25, 0.3) is 0 Å². The number of nitrogens with one attached hydrogen (secondary N) is 2. The lowest BCUT2D eigenvalue weighted by molar-refractivity contribution is -0.142. The number of aryl methyl sites for hydroxylation is 2. The van der Waals surface area contributed by atoms with E-state index >= 15 is 0 Å². The Bertz CT molecular complexity index is 958. The maximum Gasteiger partial charge on any atom is 0.326 e. The van der Waals surface area contributed by atoms with Crippen molar-refractivity contribution in [3.8, 4) is 0 Å². The highest BCUT2D eigenvalue weighted by atomic mass is 32.1. The molecule has 9 heteroatoms. The third kappa shape index (κ3) is 6.04. The van der Waals surface area contributed by atoms with Crippen molar-refractivity contribution in [3.05, 3.63) is 45.8 Å². The first-order valence-corrected chi connectivity index (χ1v) is 11.1. The van der Waals surface area contributed by atoms with Crippen LogP contribution in [0.15, 0.2) is 35.5 Å². The van der Waals surface area contributed by atoms with Crippen molar-refractivity contribution in [1.82, 2.24) is 10.3 Å². The fourth-order valence-corrected chi connectivity index (χ4v) is 4.66. The zero-order chi connectivity index (χ0) is 22.4. The van der Waals surface area contributed by atoms with Gasteiger partial charge in [0.1, 0.15) is 23.9 Å². The highest BCUT2D eigenvalue weighted by Crippen LogP contribution is 2.22. The molecule has 166 valence electrons. The number of thiophene rings is 1. The van der Waals surface area contributed by atoms with E-state index in [0.717, 1.165) is 35.7 Å². The molecule has 1 aliphatic heterocycles. The topological polar surface area (TPSA) is 113 Å². The lowest BCUT2D eigenvalue weighted by atomic mass is 9.98. The lowest BCUT2D eigenvalue weighted by Crippen LogP contribution is -2.47. The van der Waals surface area contributed by atoms with Crippen LogP contribution in [0.2, 0.25) is 0 Å². The van der Waals surface area contributed by atoms with E-state index in [4.69, 9.17) is 4.84 Å². The van der Waals surface area contributed by atoms with Crippen LogP contribution >= 0.6 is 11.3 Å². The molecular weight excluding hydrogens is 416 g/mol. The number of aliphatic carboxylic acids is 1. The molecule has 0 saturated heterocycles. The molecule has 31 heavy (non-hydrogen) atoms. The second-order valence-electron chi connectivity index (χ2n) is 7.61. The van der Waals surface area contributed by atoms with Gasteiger partial charge in [-0.15, -0.1) is 11.3 Å². The fourth-order valence-electron chi connectivity index (χ4n) is 3.56.